The lowest BCUT2D eigenvalue weighted by atomic mass is 10.1. The summed E-state index contributed by atoms with van der Waals surface area (Å²) in [6.45, 7) is 0. The van der Waals surface area contributed by atoms with Crippen LogP contribution in [0.4, 0.5) is 18.9 Å². The highest BCUT2D eigenvalue weighted by Gasteiger charge is 2.63. The minimum Gasteiger partial charge on any atom is -0.371 e. The minimum atomic E-state index is -4.31. The Balaban J connectivity index is 2.14. The van der Waals surface area contributed by atoms with Crippen molar-refractivity contribution in [2.45, 2.75) is 24.6 Å². The number of nitrogens with one attached hydrogen (secondary N) is 1. The molecule has 1 saturated carbocycles. The molecule has 1 fully saturated rings. The number of fused-ring (bicyclic) bond motifs is 1. The van der Waals surface area contributed by atoms with Crippen molar-refractivity contribution in [2.24, 2.45) is 7.05 Å². The first-order valence-electron chi connectivity index (χ1n) is 6.28. The molecule has 1 aliphatic carbocycles. The molecule has 2 aromatic rings. The fraction of sp³-hybridized carbons (Fsp3) is 0.357. The molecule has 0 bridgehead atoms. The molecule has 1 N–H and O–H groups in total. The highest BCUT2D eigenvalue weighted by molar-refractivity contribution is 5.91. The number of hydrogen-bond acceptors (Lipinski definition) is 2. The Morgan fingerprint density at radius 1 is 1.25 bits per heavy atom. The van der Waals surface area contributed by atoms with Crippen LogP contribution in [0, 0.1) is 0 Å². The van der Waals surface area contributed by atoms with Crippen molar-refractivity contribution in [1.82, 2.24) is 4.57 Å². The van der Waals surface area contributed by atoms with Gasteiger partial charge in [0.15, 0.2) is 0 Å². The van der Waals surface area contributed by atoms with Gasteiger partial charge in [-0.25, -0.2) is 0 Å². The van der Waals surface area contributed by atoms with Gasteiger partial charge in [-0.15, -0.1) is 0 Å². The number of benzene rings is 1. The molecule has 3 nitrogen and oxygen atoms in total. The summed E-state index contributed by atoms with van der Waals surface area (Å²) >= 11 is 0. The summed E-state index contributed by atoms with van der Waals surface area (Å²) in [4.78, 5) is 11.9. The molecule has 6 heteroatoms. The van der Waals surface area contributed by atoms with Gasteiger partial charge in [-0.1, -0.05) is 18.2 Å². The predicted octanol–water partition coefficient (Wildman–Crippen LogP) is 3.05. The van der Waals surface area contributed by atoms with Gasteiger partial charge in [-0.05, 0) is 18.9 Å². The molecule has 106 valence electrons. The normalized spacial score (nSPS) is 17.2. The highest BCUT2D eigenvalue weighted by Crippen LogP contribution is 2.51. The van der Waals surface area contributed by atoms with E-state index in [0.717, 1.165) is 0 Å². The van der Waals surface area contributed by atoms with E-state index in [-0.39, 0.29) is 24.1 Å². The molecule has 0 saturated heterocycles. The Morgan fingerprint density at radius 2 is 1.90 bits per heavy atom. The van der Waals surface area contributed by atoms with E-state index in [2.05, 4.69) is 5.32 Å². The van der Waals surface area contributed by atoms with Crippen LogP contribution in [-0.4, -0.2) is 16.3 Å². The van der Waals surface area contributed by atoms with Gasteiger partial charge < -0.3 is 9.88 Å². The maximum absolute atomic E-state index is 13.0. The molecule has 1 aromatic heterocycles. The number of anilines is 1. The molecule has 0 unspecified atom stereocenters. The fourth-order valence-electron chi connectivity index (χ4n) is 2.38. The maximum Gasteiger partial charge on any atom is 0.411 e. The van der Waals surface area contributed by atoms with Crippen molar-refractivity contribution in [3.63, 3.8) is 0 Å². The van der Waals surface area contributed by atoms with E-state index in [4.69, 9.17) is 0 Å². The van der Waals surface area contributed by atoms with Gasteiger partial charge >= 0.3 is 6.18 Å². The van der Waals surface area contributed by atoms with E-state index >= 15 is 0 Å². The van der Waals surface area contributed by atoms with E-state index < -0.39 is 11.7 Å². The smallest absolute Gasteiger partial charge is 0.371 e. The number of alkyl halides is 3. The highest BCUT2D eigenvalue weighted by atomic mass is 19.4. The Kier molecular flexibility index (Phi) is 2.61. The minimum absolute atomic E-state index is 0.0417. The summed E-state index contributed by atoms with van der Waals surface area (Å²) in [5.74, 6) is 0. The van der Waals surface area contributed by atoms with Crippen molar-refractivity contribution >= 4 is 16.6 Å². The van der Waals surface area contributed by atoms with Crippen LogP contribution in [0.25, 0.3) is 10.9 Å². The molecule has 1 aliphatic rings. The maximum atomic E-state index is 13.0. The average molecular weight is 282 g/mol. The Morgan fingerprint density at radius 3 is 2.50 bits per heavy atom. The van der Waals surface area contributed by atoms with Crippen molar-refractivity contribution < 1.29 is 13.2 Å². The van der Waals surface area contributed by atoms with Crippen LogP contribution in [0.3, 0.4) is 0 Å². The van der Waals surface area contributed by atoms with Gasteiger partial charge in [0, 0.05) is 24.2 Å². The standard InChI is InChI=1S/C14H13F3N2O/c1-19-11-5-3-2-4-9(11)10(8-12(19)20)18-13(6-7-13)14(15,16)17/h2-5,8,18H,6-7H2,1H3. The van der Waals surface area contributed by atoms with E-state index in [0.29, 0.717) is 10.9 Å². The van der Waals surface area contributed by atoms with Crippen molar-refractivity contribution in [2.75, 3.05) is 5.32 Å². The number of rotatable bonds is 2. The van der Waals surface area contributed by atoms with Crippen molar-refractivity contribution in [1.29, 1.82) is 0 Å². The quantitative estimate of drug-likeness (QED) is 0.918. The van der Waals surface area contributed by atoms with E-state index in [9.17, 15) is 18.0 Å². The van der Waals surface area contributed by atoms with Gasteiger partial charge in [0.1, 0.15) is 5.54 Å². The molecule has 0 spiro atoms. The second kappa shape index (κ2) is 4.01. The van der Waals surface area contributed by atoms with Crippen LogP contribution in [0.5, 0.6) is 0 Å². The van der Waals surface area contributed by atoms with E-state index in [1.54, 1.807) is 31.3 Å². The molecule has 0 aliphatic heterocycles. The van der Waals surface area contributed by atoms with Crippen LogP contribution >= 0.6 is 0 Å². The molecular weight excluding hydrogens is 269 g/mol. The summed E-state index contributed by atoms with van der Waals surface area (Å²) < 4.78 is 40.5. The Hall–Kier alpha value is -1.98. The Labute approximate surface area is 113 Å². The third-order valence-electron chi connectivity index (χ3n) is 3.82. The summed E-state index contributed by atoms with van der Waals surface area (Å²) in [5, 5.41) is 3.16. The van der Waals surface area contributed by atoms with Crippen LogP contribution in [0.1, 0.15) is 12.8 Å². The van der Waals surface area contributed by atoms with Crippen molar-refractivity contribution in [3.8, 4) is 0 Å². The molecule has 3 rings (SSSR count). The molecule has 20 heavy (non-hydrogen) atoms. The number of pyridine rings is 1. The molecular formula is C14H13F3N2O. The first-order chi connectivity index (χ1) is 9.34. The monoisotopic (exact) mass is 282 g/mol. The first kappa shape index (κ1) is 13.0. The summed E-state index contributed by atoms with van der Waals surface area (Å²) in [5.41, 5.74) is -1.34. The lowest BCUT2D eigenvalue weighted by Crippen LogP contribution is -2.39. The third-order valence-corrected chi connectivity index (χ3v) is 3.82. The van der Waals surface area contributed by atoms with E-state index in [1.807, 2.05) is 0 Å². The fourth-order valence-corrected chi connectivity index (χ4v) is 2.38. The number of hydrogen-bond donors (Lipinski definition) is 1. The number of aromatic nitrogens is 1. The molecule has 1 heterocycles. The van der Waals surface area contributed by atoms with Gasteiger partial charge in [0.25, 0.3) is 5.56 Å². The number of aryl methyl sites for hydroxylation is 1. The zero-order chi connectivity index (χ0) is 14.5. The third kappa shape index (κ3) is 1.87. The largest absolute Gasteiger partial charge is 0.411 e. The van der Waals surface area contributed by atoms with Crippen LogP contribution < -0.4 is 10.9 Å². The van der Waals surface area contributed by atoms with Crippen molar-refractivity contribution in [3.05, 3.63) is 40.7 Å². The summed E-state index contributed by atoms with van der Waals surface area (Å²) in [7, 11) is 1.60. The van der Waals surface area contributed by atoms with Gasteiger partial charge in [0.05, 0.1) is 5.52 Å². The zero-order valence-electron chi connectivity index (χ0n) is 10.8. The molecule has 0 atom stereocenters. The van der Waals surface area contributed by atoms with Gasteiger partial charge in [0.2, 0.25) is 0 Å². The zero-order valence-corrected chi connectivity index (χ0v) is 10.8. The van der Waals surface area contributed by atoms with Gasteiger partial charge in [-0.2, -0.15) is 13.2 Å². The van der Waals surface area contributed by atoms with Crippen LogP contribution in [0.2, 0.25) is 0 Å². The lowest BCUT2D eigenvalue weighted by molar-refractivity contribution is -0.151. The second-order valence-electron chi connectivity index (χ2n) is 5.18. The first-order valence-corrected chi connectivity index (χ1v) is 6.28. The topological polar surface area (TPSA) is 34.0 Å². The molecule has 0 radical (unpaired) electrons. The van der Waals surface area contributed by atoms with Gasteiger partial charge in [-0.3, -0.25) is 4.79 Å². The summed E-state index contributed by atoms with van der Waals surface area (Å²) in [6, 6.07) is 8.15. The summed E-state index contributed by atoms with van der Waals surface area (Å²) in [6.07, 6.45) is -4.23. The second-order valence-corrected chi connectivity index (χ2v) is 5.18. The van der Waals surface area contributed by atoms with E-state index in [1.165, 1.54) is 10.6 Å². The van der Waals surface area contributed by atoms with Crippen LogP contribution in [-0.2, 0) is 7.05 Å². The molecule has 1 aromatic carbocycles. The SMILES string of the molecule is Cn1c(=O)cc(NC2(C(F)(F)F)CC2)c2ccccc21. The number of halogens is 3. The lowest BCUT2D eigenvalue weighted by Gasteiger charge is -2.23. The predicted molar refractivity (Wildman–Crippen MR) is 70.8 cm³/mol. The van der Waals surface area contributed by atoms with Crippen LogP contribution in [0.15, 0.2) is 35.1 Å². The average Bonchev–Trinajstić information content (AvgIpc) is 3.16. The Bertz CT molecular complexity index is 729. The molecule has 0 amide bonds. The number of nitrogens with zero attached hydrogens (tertiary/aromatic N) is 1. The number of para-hydroxylation sites is 1.